The minimum Gasteiger partial charge on any atom is -0.341 e. The summed E-state index contributed by atoms with van der Waals surface area (Å²) in [5, 5.41) is 4.25. The molecule has 0 radical (unpaired) electrons. The molecule has 2 rings (SSSR count). The topological polar surface area (TPSA) is 15.3 Å². The minimum absolute atomic E-state index is 0.777. The number of nitrogens with zero attached hydrogens (tertiary/aromatic N) is 1. The van der Waals surface area contributed by atoms with Crippen LogP contribution in [0.5, 0.6) is 0 Å². The van der Waals surface area contributed by atoms with E-state index in [1.165, 1.54) is 16.9 Å². The van der Waals surface area contributed by atoms with Gasteiger partial charge in [-0.2, -0.15) is 0 Å². The van der Waals surface area contributed by atoms with Gasteiger partial charge in [-0.25, -0.2) is 0 Å². The number of nitrogens with one attached hydrogen (secondary N) is 1. The molecule has 2 aromatic carbocycles. The summed E-state index contributed by atoms with van der Waals surface area (Å²) in [6.45, 7) is 7.14. The van der Waals surface area contributed by atoms with Gasteiger partial charge in [0.25, 0.3) is 0 Å². The second-order valence-corrected chi connectivity index (χ2v) is 5.47. The van der Waals surface area contributed by atoms with E-state index in [0.717, 1.165) is 31.1 Å². The lowest BCUT2D eigenvalue weighted by molar-refractivity contribution is 0.675. The molecular weight excluding hydrogens is 280 g/mol. The molecule has 0 saturated carbocycles. The fourth-order valence-electron chi connectivity index (χ4n) is 2.44. The van der Waals surface area contributed by atoms with Crippen molar-refractivity contribution in [2.75, 3.05) is 18.0 Å². The first-order valence-corrected chi connectivity index (χ1v) is 7.95. The molecule has 2 aromatic rings. The highest BCUT2D eigenvalue weighted by atomic mass is 35.5. The van der Waals surface area contributed by atoms with Gasteiger partial charge in [0.15, 0.2) is 0 Å². The summed E-state index contributed by atoms with van der Waals surface area (Å²) in [5.74, 6) is 0. The molecule has 21 heavy (non-hydrogen) atoms. The van der Waals surface area contributed by atoms with Gasteiger partial charge < -0.3 is 10.2 Å². The van der Waals surface area contributed by atoms with Gasteiger partial charge in [-0.15, -0.1) is 0 Å². The first-order valence-electron chi connectivity index (χ1n) is 7.58. The highest BCUT2D eigenvalue weighted by Crippen LogP contribution is 2.30. The second-order valence-electron chi connectivity index (χ2n) is 5.03. The molecule has 3 heteroatoms. The Bertz CT molecular complexity index is 554. The average molecular weight is 303 g/mol. The Labute approximate surface area is 132 Å². The van der Waals surface area contributed by atoms with Crippen molar-refractivity contribution < 1.29 is 0 Å². The molecule has 0 saturated heterocycles. The van der Waals surface area contributed by atoms with Gasteiger partial charge in [-0.1, -0.05) is 42.8 Å². The lowest BCUT2D eigenvalue weighted by atomic mass is 10.1. The molecule has 0 aliphatic rings. The maximum atomic E-state index is 6.22. The number of halogens is 1. The third-order valence-electron chi connectivity index (χ3n) is 3.46. The van der Waals surface area contributed by atoms with Gasteiger partial charge in [-0.05, 0) is 49.7 Å². The largest absolute Gasteiger partial charge is 0.341 e. The molecule has 0 spiro atoms. The number of para-hydroxylation sites is 1. The van der Waals surface area contributed by atoms with Gasteiger partial charge in [0.1, 0.15) is 0 Å². The van der Waals surface area contributed by atoms with E-state index in [9.17, 15) is 0 Å². The third-order valence-corrected chi connectivity index (χ3v) is 3.70. The summed E-state index contributed by atoms with van der Waals surface area (Å²) in [5.41, 5.74) is 3.65. The normalized spacial score (nSPS) is 10.6. The predicted molar refractivity (Wildman–Crippen MR) is 92.6 cm³/mol. The van der Waals surface area contributed by atoms with Crippen molar-refractivity contribution >= 4 is 23.0 Å². The van der Waals surface area contributed by atoms with Crippen molar-refractivity contribution in [3.05, 3.63) is 59.1 Å². The van der Waals surface area contributed by atoms with E-state index in [2.05, 4.69) is 60.5 Å². The Hall–Kier alpha value is -1.51. The third kappa shape index (κ3) is 4.23. The van der Waals surface area contributed by atoms with Crippen molar-refractivity contribution in [3.63, 3.8) is 0 Å². The predicted octanol–water partition coefficient (Wildman–Crippen LogP) is 5.00. The van der Waals surface area contributed by atoms with Crippen molar-refractivity contribution in [3.8, 4) is 0 Å². The van der Waals surface area contributed by atoms with Gasteiger partial charge >= 0.3 is 0 Å². The van der Waals surface area contributed by atoms with E-state index in [-0.39, 0.29) is 0 Å². The number of hydrogen-bond donors (Lipinski definition) is 1. The maximum absolute atomic E-state index is 6.22. The van der Waals surface area contributed by atoms with E-state index < -0.39 is 0 Å². The quantitative estimate of drug-likeness (QED) is 0.724. The molecule has 0 fully saturated rings. The zero-order chi connectivity index (χ0) is 15.1. The van der Waals surface area contributed by atoms with Crippen LogP contribution >= 0.6 is 11.6 Å². The van der Waals surface area contributed by atoms with Crippen molar-refractivity contribution in [2.45, 2.75) is 26.8 Å². The van der Waals surface area contributed by atoms with Crippen molar-refractivity contribution in [1.82, 2.24) is 5.32 Å². The van der Waals surface area contributed by atoms with E-state index in [0.29, 0.717) is 0 Å². The average Bonchev–Trinajstić information content (AvgIpc) is 2.51. The lowest BCUT2D eigenvalue weighted by Crippen LogP contribution is -2.21. The maximum Gasteiger partial charge on any atom is 0.0471 e. The van der Waals surface area contributed by atoms with Crippen LogP contribution in [-0.4, -0.2) is 13.1 Å². The molecule has 0 atom stereocenters. The standard InChI is InChI=1S/C18H23ClN2/c1-3-12-20-14-15-10-11-16(19)13-18(15)21(4-2)17-8-6-5-7-9-17/h5-11,13,20H,3-4,12,14H2,1-2H3. The Morgan fingerprint density at radius 3 is 2.48 bits per heavy atom. The Balaban J connectivity index is 2.33. The molecule has 0 heterocycles. The first-order chi connectivity index (χ1) is 10.3. The molecule has 0 unspecified atom stereocenters. The van der Waals surface area contributed by atoms with Crippen molar-refractivity contribution in [2.24, 2.45) is 0 Å². The smallest absolute Gasteiger partial charge is 0.0471 e. The number of benzene rings is 2. The van der Waals surface area contributed by atoms with E-state index in [1.54, 1.807) is 0 Å². The summed E-state index contributed by atoms with van der Waals surface area (Å²) in [6.07, 6.45) is 1.14. The molecule has 112 valence electrons. The molecule has 0 aromatic heterocycles. The molecule has 0 aliphatic carbocycles. The highest BCUT2D eigenvalue weighted by molar-refractivity contribution is 6.30. The number of rotatable bonds is 7. The van der Waals surface area contributed by atoms with Crippen LogP contribution in [0, 0.1) is 0 Å². The van der Waals surface area contributed by atoms with Crippen LogP contribution in [0.4, 0.5) is 11.4 Å². The molecular formula is C18H23ClN2. The zero-order valence-corrected chi connectivity index (χ0v) is 13.5. The molecule has 2 nitrogen and oxygen atoms in total. The first kappa shape index (κ1) is 15.9. The fraction of sp³-hybridized carbons (Fsp3) is 0.333. The van der Waals surface area contributed by atoms with Crippen LogP contribution in [0.2, 0.25) is 5.02 Å². The summed E-state index contributed by atoms with van der Waals surface area (Å²) in [7, 11) is 0. The van der Waals surface area contributed by atoms with E-state index in [1.807, 2.05) is 12.1 Å². The monoisotopic (exact) mass is 302 g/mol. The van der Waals surface area contributed by atoms with Crippen LogP contribution in [0.1, 0.15) is 25.8 Å². The zero-order valence-electron chi connectivity index (χ0n) is 12.8. The minimum atomic E-state index is 0.777. The van der Waals surface area contributed by atoms with E-state index in [4.69, 9.17) is 11.6 Å². The van der Waals surface area contributed by atoms with Crippen LogP contribution in [0.15, 0.2) is 48.5 Å². The molecule has 0 aliphatic heterocycles. The highest BCUT2D eigenvalue weighted by Gasteiger charge is 2.12. The molecule has 0 bridgehead atoms. The summed E-state index contributed by atoms with van der Waals surface area (Å²) in [4.78, 5) is 2.30. The second kappa shape index (κ2) is 8.06. The van der Waals surface area contributed by atoms with Gasteiger partial charge in [0, 0.05) is 29.5 Å². The van der Waals surface area contributed by atoms with Crippen LogP contribution in [0.3, 0.4) is 0 Å². The van der Waals surface area contributed by atoms with Gasteiger partial charge in [0.2, 0.25) is 0 Å². The van der Waals surface area contributed by atoms with Gasteiger partial charge in [-0.3, -0.25) is 0 Å². The Kier molecular flexibility index (Phi) is 6.09. The van der Waals surface area contributed by atoms with Crippen molar-refractivity contribution in [1.29, 1.82) is 0 Å². The number of hydrogen-bond acceptors (Lipinski definition) is 2. The Morgan fingerprint density at radius 2 is 1.81 bits per heavy atom. The molecule has 1 N–H and O–H groups in total. The molecule has 0 amide bonds. The van der Waals surface area contributed by atoms with Crippen LogP contribution in [0.25, 0.3) is 0 Å². The number of anilines is 2. The Morgan fingerprint density at radius 1 is 1.05 bits per heavy atom. The van der Waals surface area contributed by atoms with Crippen LogP contribution in [-0.2, 0) is 6.54 Å². The summed E-state index contributed by atoms with van der Waals surface area (Å²) < 4.78 is 0. The fourth-order valence-corrected chi connectivity index (χ4v) is 2.60. The SMILES string of the molecule is CCCNCc1ccc(Cl)cc1N(CC)c1ccccc1. The van der Waals surface area contributed by atoms with Gasteiger partial charge in [0.05, 0.1) is 0 Å². The summed E-state index contributed by atoms with van der Waals surface area (Å²) >= 11 is 6.22. The van der Waals surface area contributed by atoms with E-state index >= 15 is 0 Å². The lowest BCUT2D eigenvalue weighted by Gasteiger charge is -2.26. The van der Waals surface area contributed by atoms with Crippen LogP contribution < -0.4 is 10.2 Å². The summed E-state index contributed by atoms with van der Waals surface area (Å²) in [6, 6.07) is 16.6.